The summed E-state index contributed by atoms with van der Waals surface area (Å²) in [5, 5.41) is 0.425. The monoisotopic (exact) mass is 451 g/mol. The van der Waals surface area contributed by atoms with Crippen LogP contribution in [0.3, 0.4) is 0 Å². The number of thiazole rings is 1. The second-order valence-corrected chi connectivity index (χ2v) is 7.87. The molecule has 0 N–H and O–H groups in total. The molecule has 0 fully saturated rings. The summed E-state index contributed by atoms with van der Waals surface area (Å²) < 4.78 is 45.7. The van der Waals surface area contributed by atoms with Gasteiger partial charge in [-0.2, -0.15) is 13.2 Å². The number of hydrogen-bond acceptors (Lipinski definition) is 5. The predicted octanol–water partition coefficient (Wildman–Crippen LogP) is 5.31. The van der Waals surface area contributed by atoms with Crippen LogP contribution in [0.4, 0.5) is 18.3 Å². The molecule has 9 heteroatoms. The Labute approximate surface area is 183 Å². The van der Waals surface area contributed by atoms with Crippen LogP contribution in [0.15, 0.2) is 42.5 Å². The first-order valence-electron chi connectivity index (χ1n) is 9.93. The molecule has 0 aliphatic carbocycles. The first-order chi connectivity index (χ1) is 14.8. The number of rotatable bonds is 8. The molecule has 0 aliphatic heterocycles. The molecular formula is C22H24F3N3O2S. The quantitative estimate of drug-likeness (QED) is 0.466. The van der Waals surface area contributed by atoms with Gasteiger partial charge >= 0.3 is 6.18 Å². The van der Waals surface area contributed by atoms with E-state index in [4.69, 9.17) is 4.74 Å². The normalized spacial score (nSPS) is 11.8. The number of amides is 1. The molecular weight excluding hydrogens is 427 g/mol. The molecule has 0 saturated carbocycles. The van der Waals surface area contributed by atoms with Gasteiger partial charge in [0.15, 0.2) is 5.13 Å². The molecule has 0 unspecified atom stereocenters. The van der Waals surface area contributed by atoms with E-state index in [0.29, 0.717) is 29.5 Å². The van der Waals surface area contributed by atoms with Crippen LogP contribution in [-0.2, 0) is 6.18 Å². The van der Waals surface area contributed by atoms with E-state index in [1.807, 2.05) is 26.0 Å². The van der Waals surface area contributed by atoms with Crippen molar-refractivity contribution in [3.63, 3.8) is 0 Å². The average Bonchev–Trinajstić information content (AvgIpc) is 3.20. The van der Waals surface area contributed by atoms with E-state index >= 15 is 0 Å². The number of halogens is 3. The maximum absolute atomic E-state index is 13.3. The highest BCUT2D eigenvalue weighted by atomic mass is 32.1. The van der Waals surface area contributed by atoms with Crippen LogP contribution < -0.4 is 9.64 Å². The molecule has 5 nitrogen and oxygen atoms in total. The van der Waals surface area contributed by atoms with Crippen LogP contribution in [0, 0.1) is 0 Å². The Morgan fingerprint density at radius 1 is 1.10 bits per heavy atom. The Hall–Kier alpha value is -2.65. The number of ether oxygens (including phenoxy) is 1. The van der Waals surface area contributed by atoms with Crippen LogP contribution in [0.1, 0.15) is 29.8 Å². The van der Waals surface area contributed by atoms with Gasteiger partial charge in [0, 0.05) is 18.7 Å². The fourth-order valence-electron chi connectivity index (χ4n) is 3.24. The highest BCUT2D eigenvalue weighted by molar-refractivity contribution is 7.22. The van der Waals surface area contributed by atoms with Crippen LogP contribution >= 0.6 is 11.3 Å². The van der Waals surface area contributed by atoms with E-state index in [1.54, 1.807) is 13.2 Å². The number of anilines is 1. The fraction of sp³-hybridized carbons (Fsp3) is 0.364. The van der Waals surface area contributed by atoms with Crippen LogP contribution in [0.5, 0.6) is 5.75 Å². The molecule has 31 heavy (non-hydrogen) atoms. The van der Waals surface area contributed by atoms with Crippen LogP contribution in [0.25, 0.3) is 10.2 Å². The molecule has 1 amide bonds. The zero-order valence-corrected chi connectivity index (χ0v) is 18.4. The molecule has 0 atom stereocenters. The number of para-hydroxylation sites is 1. The van der Waals surface area contributed by atoms with Gasteiger partial charge in [0.2, 0.25) is 0 Å². The van der Waals surface area contributed by atoms with Gasteiger partial charge in [-0.1, -0.05) is 37.3 Å². The highest BCUT2D eigenvalue weighted by Crippen LogP contribution is 2.35. The lowest BCUT2D eigenvalue weighted by molar-refractivity contribution is -0.137. The lowest BCUT2D eigenvalue weighted by Gasteiger charge is -2.25. The van der Waals surface area contributed by atoms with Crippen molar-refractivity contribution in [1.29, 1.82) is 0 Å². The number of aromatic nitrogens is 1. The second-order valence-electron chi connectivity index (χ2n) is 6.87. The molecule has 1 aromatic heterocycles. The van der Waals surface area contributed by atoms with Crippen molar-refractivity contribution in [3.05, 3.63) is 53.6 Å². The molecule has 0 aliphatic rings. The van der Waals surface area contributed by atoms with Gasteiger partial charge in [-0.15, -0.1) is 0 Å². The summed E-state index contributed by atoms with van der Waals surface area (Å²) in [6.45, 7) is 6.52. The van der Waals surface area contributed by atoms with E-state index in [0.717, 1.165) is 29.9 Å². The van der Waals surface area contributed by atoms with E-state index in [1.165, 1.54) is 28.4 Å². The summed E-state index contributed by atoms with van der Waals surface area (Å²) >= 11 is 1.31. The first kappa shape index (κ1) is 23.0. The van der Waals surface area contributed by atoms with Crippen molar-refractivity contribution in [2.24, 2.45) is 0 Å². The van der Waals surface area contributed by atoms with Crippen LogP contribution in [-0.4, -0.2) is 49.1 Å². The van der Waals surface area contributed by atoms with Crippen LogP contribution in [0.2, 0.25) is 0 Å². The third-order valence-electron chi connectivity index (χ3n) is 5.04. The Morgan fingerprint density at radius 3 is 2.45 bits per heavy atom. The average molecular weight is 452 g/mol. The standard InChI is InChI=1S/C22H24F3N3O2S/c1-4-27(5-2)12-13-28(20(29)15-8-6-9-16(14-15)22(23,24)25)21-26-19-17(30-3)10-7-11-18(19)31-21/h6-11,14H,4-5,12-13H2,1-3H3. The van der Waals surface area contributed by atoms with Crippen molar-refractivity contribution in [1.82, 2.24) is 9.88 Å². The van der Waals surface area contributed by atoms with Gasteiger partial charge in [-0.25, -0.2) is 4.98 Å². The van der Waals surface area contributed by atoms with E-state index in [9.17, 15) is 18.0 Å². The SMILES string of the molecule is CCN(CC)CCN(C(=O)c1cccc(C(F)(F)F)c1)c1nc2c(OC)cccc2s1. The summed E-state index contributed by atoms with van der Waals surface area (Å²) in [7, 11) is 1.54. The Balaban J connectivity index is 2.01. The number of likely N-dealkylation sites (N-methyl/N-ethyl adjacent to an activating group) is 1. The lowest BCUT2D eigenvalue weighted by atomic mass is 10.1. The van der Waals surface area contributed by atoms with Gasteiger partial charge in [0.1, 0.15) is 11.3 Å². The molecule has 0 radical (unpaired) electrons. The van der Waals surface area contributed by atoms with Crippen molar-refractivity contribution < 1.29 is 22.7 Å². The predicted molar refractivity (Wildman–Crippen MR) is 117 cm³/mol. The Kier molecular flexibility index (Phi) is 7.17. The highest BCUT2D eigenvalue weighted by Gasteiger charge is 2.32. The molecule has 3 rings (SSSR count). The zero-order valence-electron chi connectivity index (χ0n) is 17.6. The zero-order chi connectivity index (χ0) is 22.6. The third-order valence-corrected chi connectivity index (χ3v) is 6.08. The molecule has 0 bridgehead atoms. The van der Waals surface area contributed by atoms with Crippen molar-refractivity contribution in [2.75, 3.05) is 38.2 Å². The molecule has 3 aromatic rings. The molecule has 0 spiro atoms. The number of carbonyl (C=O) groups is 1. The Morgan fingerprint density at radius 2 is 1.81 bits per heavy atom. The minimum absolute atomic E-state index is 0.0272. The maximum Gasteiger partial charge on any atom is 0.416 e. The van der Waals surface area contributed by atoms with Gasteiger partial charge in [0.05, 0.1) is 17.4 Å². The lowest BCUT2D eigenvalue weighted by Crippen LogP contribution is -2.39. The summed E-state index contributed by atoms with van der Waals surface area (Å²) in [5.41, 5.74) is -0.261. The minimum Gasteiger partial charge on any atom is -0.494 e. The number of nitrogens with zero attached hydrogens (tertiary/aromatic N) is 3. The van der Waals surface area contributed by atoms with E-state index in [2.05, 4.69) is 9.88 Å². The first-order valence-corrected chi connectivity index (χ1v) is 10.7. The minimum atomic E-state index is -4.52. The summed E-state index contributed by atoms with van der Waals surface area (Å²) in [6.07, 6.45) is -4.52. The van der Waals surface area contributed by atoms with Crippen molar-refractivity contribution in [2.45, 2.75) is 20.0 Å². The number of benzene rings is 2. The van der Waals surface area contributed by atoms with Gasteiger partial charge in [-0.3, -0.25) is 9.69 Å². The van der Waals surface area contributed by atoms with Gasteiger partial charge < -0.3 is 9.64 Å². The summed E-state index contributed by atoms with van der Waals surface area (Å²) in [5.74, 6) is 0.0616. The molecule has 0 saturated heterocycles. The fourth-order valence-corrected chi connectivity index (χ4v) is 4.25. The number of hydrogen-bond donors (Lipinski definition) is 0. The van der Waals surface area contributed by atoms with Gasteiger partial charge in [0.25, 0.3) is 5.91 Å². The molecule has 166 valence electrons. The third kappa shape index (κ3) is 5.16. The Bertz CT molecular complexity index is 1050. The molecule has 1 heterocycles. The van der Waals surface area contributed by atoms with E-state index in [-0.39, 0.29) is 5.56 Å². The van der Waals surface area contributed by atoms with Crippen molar-refractivity contribution in [3.8, 4) is 5.75 Å². The summed E-state index contributed by atoms with van der Waals surface area (Å²) in [4.78, 5) is 21.5. The number of alkyl halides is 3. The number of methoxy groups -OCH3 is 1. The van der Waals surface area contributed by atoms with Crippen molar-refractivity contribution >= 4 is 32.6 Å². The second kappa shape index (κ2) is 9.65. The van der Waals surface area contributed by atoms with Gasteiger partial charge in [-0.05, 0) is 43.4 Å². The summed E-state index contributed by atoms with van der Waals surface area (Å²) in [6, 6.07) is 9.98. The maximum atomic E-state index is 13.3. The largest absolute Gasteiger partial charge is 0.494 e. The number of carbonyl (C=O) groups excluding carboxylic acids is 1. The van der Waals surface area contributed by atoms with E-state index < -0.39 is 17.6 Å². The number of fused-ring (bicyclic) bond motifs is 1. The smallest absolute Gasteiger partial charge is 0.416 e. The molecule has 2 aromatic carbocycles. The topological polar surface area (TPSA) is 45.7 Å².